The predicted octanol–water partition coefficient (Wildman–Crippen LogP) is 1.93. The van der Waals surface area contributed by atoms with Gasteiger partial charge in [-0.2, -0.15) is 0 Å². The fourth-order valence-electron chi connectivity index (χ4n) is 3.80. The monoisotopic (exact) mass is 319 g/mol. The minimum atomic E-state index is -0.235. The first kappa shape index (κ1) is 16.4. The van der Waals surface area contributed by atoms with Crippen LogP contribution < -0.4 is 10.6 Å². The van der Waals surface area contributed by atoms with E-state index in [0.29, 0.717) is 6.54 Å². The summed E-state index contributed by atoms with van der Waals surface area (Å²) in [6, 6.07) is 6.58. The van der Waals surface area contributed by atoms with E-state index in [2.05, 4.69) is 15.5 Å². The van der Waals surface area contributed by atoms with Crippen molar-refractivity contribution in [2.75, 3.05) is 33.7 Å². The fraction of sp³-hybridized carbons (Fsp3) is 0.611. The second-order valence-corrected chi connectivity index (χ2v) is 7.15. The van der Waals surface area contributed by atoms with Crippen LogP contribution in [0.1, 0.15) is 30.9 Å². The van der Waals surface area contributed by atoms with Crippen molar-refractivity contribution < 1.29 is 9.18 Å². The molecule has 2 aliphatic rings. The molecule has 23 heavy (non-hydrogen) atoms. The number of piperidine rings is 1. The molecule has 2 fully saturated rings. The van der Waals surface area contributed by atoms with Crippen LogP contribution in [-0.2, 0) is 4.79 Å². The number of nitrogens with one attached hydrogen (secondary N) is 2. The topological polar surface area (TPSA) is 44.4 Å². The quantitative estimate of drug-likeness (QED) is 0.872. The number of benzene rings is 1. The van der Waals surface area contributed by atoms with E-state index in [1.54, 1.807) is 12.1 Å². The van der Waals surface area contributed by atoms with Crippen LogP contribution in [0.15, 0.2) is 24.3 Å². The van der Waals surface area contributed by atoms with Crippen LogP contribution >= 0.6 is 0 Å². The van der Waals surface area contributed by atoms with Crippen LogP contribution in [0, 0.1) is 17.2 Å². The maximum Gasteiger partial charge on any atom is 0.223 e. The summed E-state index contributed by atoms with van der Waals surface area (Å²) in [7, 11) is 3.96. The molecule has 0 aromatic heterocycles. The first-order valence-corrected chi connectivity index (χ1v) is 8.42. The van der Waals surface area contributed by atoms with Gasteiger partial charge in [0.15, 0.2) is 0 Å². The Labute approximate surface area is 137 Å². The molecular weight excluding hydrogens is 293 g/mol. The van der Waals surface area contributed by atoms with Gasteiger partial charge in [0.05, 0.1) is 6.04 Å². The van der Waals surface area contributed by atoms with Gasteiger partial charge in [0.2, 0.25) is 5.91 Å². The number of halogens is 1. The highest BCUT2D eigenvalue weighted by Crippen LogP contribution is 2.58. The van der Waals surface area contributed by atoms with Crippen molar-refractivity contribution in [1.82, 2.24) is 15.5 Å². The summed E-state index contributed by atoms with van der Waals surface area (Å²) >= 11 is 0. The Morgan fingerprint density at radius 3 is 2.61 bits per heavy atom. The summed E-state index contributed by atoms with van der Waals surface area (Å²) in [5.41, 5.74) is 1.28. The van der Waals surface area contributed by atoms with Gasteiger partial charge in [-0.3, -0.25) is 4.79 Å². The lowest BCUT2D eigenvalue weighted by molar-refractivity contribution is -0.123. The van der Waals surface area contributed by atoms with Gasteiger partial charge in [0, 0.05) is 12.5 Å². The Bertz CT molecular complexity index is 552. The summed E-state index contributed by atoms with van der Waals surface area (Å²) in [5, 5.41) is 6.48. The third-order valence-corrected chi connectivity index (χ3v) is 5.45. The van der Waals surface area contributed by atoms with E-state index in [4.69, 9.17) is 0 Å². The largest absolute Gasteiger partial charge is 0.354 e. The molecule has 1 saturated carbocycles. The molecule has 1 amide bonds. The van der Waals surface area contributed by atoms with Crippen molar-refractivity contribution in [1.29, 1.82) is 0 Å². The van der Waals surface area contributed by atoms with E-state index in [-0.39, 0.29) is 29.1 Å². The van der Waals surface area contributed by atoms with Crippen molar-refractivity contribution in [2.24, 2.45) is 11.3 Å². The average molecular weight is 319 g/mol. The highest BCUT2D eigenvalue weighted by molar-refractivity contribution is 5.82. The maximum atomic E-state index is 13.1. The van der Waals surface area contributed by atoms with Crippen LogP contribution in [0.3, 0.4) is 0 Å². The Kier molecular flexibility index (Phi) is 4.69. The van der Waals surface area contributed by atoms with Crippen LogP contribution in [0.4, 0.5) is 4.39 Å². The molecule has 1 aromatic carbocycles. The predicted molar refractivity (Wildman–Crippen MR) is 88.5 cm³/mol. The van der Waals surface area contributed by atoms with Crippen LogP contribution in [0.25, 0.3) is 0 Å². The zero-order valence-corrected chi connectivity index (χ0v) is 13.9. The summed E-state index contributed by atoms with van der Waals surface area (Å²) in [6.45, 7) is 2.61. The van der Waals surface area contributed by atoms with Gasteiger partial charge in [-0.05, 0) is 69.6 Å². The van der Waals surface area contributed by atoms with Crippen molar-refractivity contribution in [3.05, 3.63) is 35.6 Å². The normalized spacial score (nSPS) is 23.7. The second kappa shape index (κ2) is 6.57. The maximum absolute atomic E-state index is 13.1. The minimum Gasteiger partial charge on any atom is -0.354 e. The Morgan fingerprint density at radius 2 is 2.00 bits per heavy atom. The van der Waals surface area contributed by atoms with Crippen molar-refractivity contribution in [3.63, 3.8) is 0 Å². The van der Waals surface area contributed by atoms with Crippen molar-refractivity contribution >= 4 is 5.91 Å². The summed E-state index contributed by atoms with van der Waals surface area (Å²) < 4.78 is 13.1. The molecule has 3 rings (SSSR count). The summed E-state index contributed by atoms with van der Waals surface area (Å²) in [5.74, 6) is 0.127. The molecule has 2 N–H and O–H groups in total. The van der Waals surface area contributed by atoms with E-state index < -0.39 is 0 Å². The lowest BCUT2D eigenvalue weighted by atomic mass is 9.91. The molecule has 1 heterocycles. The SMILES string of the molecule is CN(C)C(CNC(=O)C1CC12CCNCC2)c1ccc(F)cc1. The lowest BCUT2D eigenvalue weighted by Gasteiger charge is -2.26. The average Bonchev–Trinajstić information content (AvgIpc) is 3.22. The summed E-state index contributed by atoms with van der Waals surface area (Å²) in [4.78, 5) is 14.5. The van der Waals surface area contributed by atoms with Gasteiger partial charge < -0.3 is 15.5 Å². The van der Waals surface area contributed by atoms with Gasteiger partial charge in [-0.25, -0.2) is 4.39 Å². The fourth-order valence-corrected chi connectivity index (χ4v) is 3.80. The number of hydrogen-bond donors (Lipinski definition) is 2. The Morgan fingerprint density at radius 1 is 1.35 bits per heavy atom. The molecule has 5 heteroatoms. The molecule has 1 aliphatic heterocycles. The standard InChI is InChI=1S/C18H26FN3O/c1-22(2)16(13-3-5-14(19)6-4-13)12-21-17(23)15-11-18(15)7-9-20-10-8-18/h3-6,15-16,20H,7-12H2,1-2H3,(H,21,23). The zero-order chi connectivity index (χ0) is 16.4. The molecule has 2 unspecified atom stereocenters. The van der Waals surface area contributed by atoms with Crippen LogP contribution in [0.5, 0.6) is 0 Å². The van der Waals surface area contributed by atoms with Crippen molar-refractivity contribution in [2.45, 2.75) is 25.3 Å². The van der Waals surface area contributed by atoms with Crippen LogP contribution in [-0.4, -0.2) is 44.5 Å². The number of hydrogen-bond acceptors (Lipinski definition) is 3. The third-order valence-electron chi connectivity index (χ3n) is 5.45. The molecule has 1 saturated heterocycles. The molecular formula is C18H26FN3O. The smallest absolute Gasteiger partial charge is 0.223 e. The van der Waals surface area contributed by atoms with Gasteiger partial charge in [-0.1, -0.05) is 12.1 Å². The number of carbonyl (C=O) groups excluding carboxylic acids is 1. The number of rotatable bonds is 5. The third kappa shape index (κ3) is 3.56. The molecule has 1 aromatic rings. The number of nitrogens with zero attached hydrogens (tertiary/aromatic N) is 1. The van der Waals surface area contributed by atoms with E-state index in [0.717, 1.165) is 37.9 Å². The lowest BCUT2D eigenvalue weighted by Crippen LogP contribution is -2.37. The molecule has 4 nitrogen and oxygen atoms in total. The van der Waals surface area contributed by atoms with Gasteiger partial charge >= 0.3 is 0 Å². The first-order valence-electron chi connectivity index (χ1n) is 8.42. The van der Waals surface area contributed by atoms with Crippen LogP contribution in [0.2, 0.25) is 0 Å². The van der Waals surface area contributed by atoms with Gasteiger partial charge in [0.1, 0.15) is 5.82 Å². The molecule has 0 bridgehead atoms. The Balaban J connectivity index is 1.57. The molecule has 126 valence electrons. The number of likely N-dealkylation sites (N-methyl/N-ethyl adjacent to an activating group) is 1. The van der Waals surface area contributed by atoms with Gasteiger partial charge in [-0.15, -0.1) is 0 Å². The van der Waals surface area contributed by atoms with E-state index in [9.17, 15) is 9.18 Å². The molecule has 1 spiro atoms. The minimum absolute atomic E-state index is 0.0577. The number of carbonyl (C=O) groups is 1. The molecule has 1 aliphatic carbocycles. The summed E-state index contributed by atoms with van der Waals surface area (Å²) in [6.07, 6.45) is 3.25. The zero-order valence-electron chi connectivity index (χ0n) is 13.9. The second-order valence-electron chi connectivity index (χ2n) is 7.15. The number of amides is 1. The highest BCUT2D eigenvalue weighted by atomic mass is 19.1. The highest BCUT2D eigenvalue weighted by Gasteiger charge is 2.57. The van der Waals surface area contributed by atoms with Crippen molar-refractivity contribution in [3.8, 4) is 0 Å². The van der Waals surface area contributed by atoms with E-state index in [1.165, 1.54) is 12.1 Å². The molecule has 2 atom stereocenters. The molecule has 0 radical (unpaired) electrons. The van der Waals surface area contributed by atoms with E-state index >= 15 is 0 Å². The Hall–Kier alpha value is -1.46. The van der Waals surface area contributed by atoms with E-state index in [1.807, 2.05) is 14.1 Å². The van der Waals surface area contributed by atoms with Gasteiger partial charge in [0.25, 0.3) is 0 Å². The first-order chi connectivity index (χ1) is 11.0.